The summed E-state index contributed by atoms with van der Waals surface area (Å²) in [5.41, 5.74) is 10.6. The number of anilines is 3. The molecular formula is C23H22N4O2. The van der Waals surface area contributed by atoms with E-state index in [1.807, 2.05) is 59.5 Å². The average molecular weight is 386 g/mol. The number of nitrogens with two attached hydrogens (primary N) is 1. The fraction of sp³-hybridized carbons (Fsp3) is 0.130. The first-order chi connectivity index (χ1) is 14.1. The van der Waals surface area contributed by atoms with E-state index in [0.29, 0.717) is 30.0 Å². The number of nitrogens with one attached hydrogen (secondary N) is 2. The molecule has 4 N–H and O–H groups in total. The Morgan fingerprint density at radius 3 is 2.45 bits per heavy atom. The normalized spacial score (nSPS) is 13.7. The minimum absolute atomic E-state index is 0.00634. The minimum Gasteiger partial charge on any atom is -0.397 e. The molecule has 0 bridgehead atoms. The van der Waals surface area contributed by atoms with Crippen molar-refractivity contribution in [3.63, 3.8) is 0 Å². The molecule has 4 rings (SSSR count). The first kappa shape index (κ1) is 18.6. The second kappa shape index (κ2) is 8.06. The number of hydrogen-bond acceptors (Lipinski definition) is 4. The smallest absolute Gasteiger partial charge is 0.255 e. The average Bonchev–Trinajstić information content (AvgIpc) is 2.76. The van der Waals surface area contributed by atoms with Gasteiger partial charge in [0.15, 0.2) is 0 Å². The third-order valence-corrected chi connectivity index (χ3v) is 4.94. The number of rotatable bonds is 4. The van der Waals surface area contributed by atoms with Crippen LogP contribution in [0.2, 0.25) is 0 Å². The van der Waals surface area contributed by atoms with E-state index < -0.39 is 0 Å². The fourth-order valence-corrected chi connectivity index (χ4v) is 3.35. The highest BCUT2D eigenvalue weighted by Crippen LogP contribution is 2.27. The van der Waals surface area contributed by atoms with Crippen molar-refractivity contribution in [2.45, 2.75) is 0 Å². The van der Waals surface area contributed by atoms with Crippen molar-refractivity contribution >= 4 is 28.9 Å². The second-order valence-electron chi connectivity index (χ2n) is 6.94. The van der Waals surface area contributed by atoms with Crippen molar-refractivity contribution in [2.75, 3.05) is 35.6 Å². The minimum atomic E-state index is -0.232. The van der Waals surface area contributed by atoms with E-state index in [0.717, 1.165) is 23.4 Å². The predicted octanol–water partition coefficient (Wildman–Crippen LogP) is 3.12. The van der Waals surface area contributed by atoms with Crippen LogP contribution in [0.1, 0.15) is 10.4 Å². The van der Waals surface area contributed by atoms with E-state index in [2.05, 4.69) is 10.6 Å². The van der Waals surface area contributed by atoms with Crippen molar-refractivity contribution in [2.24, 2.45) is 0 Å². The maximum absolute atomic E-state index is 12.7. The molecule has 1 aliphatic heterocycles. The molecule has 1 aliphatic rings. The molecule has 1 fully saturated rings. The summed E-state index contributed by atoms with van der Waals surface area (Å²) >= 11 is 0. The largest absolute Gasteiger partial charge is 0.397 e. The lowest BCUT2D eigenvalue weighted by Crippen LogP contribution is -2.47. The number of carbonyl (C=O) groups is 2. The van der Waals surface area contributed by atoms with Crippen LogP contribution in [0.3, 0.4) is 0 Å². The summed E-state index contributed by atoms with van der Waals surface area (Å²) in [6.45, 7) is 1.70. The number of carbonyl (C=O) groups excluding carboxylic acids is 2. The number of nitrogen functional groups attached to an aromatic ring is 1. The summed E-state index contributed by atoms with van der Waals surface area (Å²) in [7, 11) is 0. The van der Waals surface area contributed by atoms with Gasteiger partial charge in [0, 0.05) is 24.3 Å². The molecule has 0 aromatic heterocycles. The molecule has 3 aromatic rings. The van der Waals surface area contributed by atoms with E-state index in [1.54, 1.807) is 18.2 Å². The Labute approximate surface area is 169 Å². The fourth-order valence-electron chi connectivity index (χ4n) is 3.35. The SMILES string of the molecule is Nc1ccc(-c2ccccc2)cc1NC(=O)c1ccc(N2CCNC(=O)C2)cc1. The molecule has 0 aliphatic carbocycles. The summed E-state index contributed by atoms with van der Waals surface area (Å²) in [5, 5.41) is 5.70. The number of benzene rings is 3. The second-order valence-corrected chi connectivity index (χ2v) is 6.94. The molecule has 3 aromatic carbocycles. The molecule has 6 nitrogen and oxygen atoms in total. The van der Waals surface area contributed by atoms with Gasteiger partial charge in [-0.25, -0.2) is 0 Å². The number of nitrogens with zero attached hydrogens (tertiary/aromatic N) is 1. The van der Waals surface area contributed by atoms with Crippen LogP contribution in [0.4, 0.5) is 17.1 Å². The van der Waals surface area contributed by atoms with Crippen LogP contribution in [0.5, 0.6) is 0 Å². The van der Waals surface area contributed by atoms with Gasteiger partial charge < -0.3 is 21.3 Å². The van der Waals surface area contributed by atoms with Crippen molar-refractivity contribution in [3.8, 4) is 11.1 Å². The summed E-state index contributed by atoms with van der Waals surface area (Å²) in [6, 6.07) is 22.8. The van der Waals surface area contributed by atoms with Gasteiger partial charge in [-0.15, -0.1) is 0 Å². The Morgan fingerprint density at radius 2 is 1.72 bits per heavy atom. The first-order valence-electron chi connectivity index (χ1n) is 9.48. The number of hydrogen-bond donors (Lipinski definition) is 3. The van der Waals surface area contributed by atoms with E-state index in [-0.39, 0.29) is 11.8 Å². The lowest BCUT2D eigenvalue weighted by Gasteiger charge is -2.28. The summed E-state index contributed by atoms with van der Waals surface area (Å²) in [6.07, 6.45) is 0. The molecule has 1 saturated heterocycles. The Bertz CT molecular complexity index is 1030. The standard InChI is InChI=1S/C23H22N4O2/c24-20-11-8-18(16-4-2-1-3-5-16)14-21(20)26-23(29)17-6-9-19(10-7-17)27-13-12-25-22(28)15-27/h1-11,14H,12-13,15,24H2,(H,25,28)(H,26,29). The lowest BCUT2D eigenvalue weighted by atomic mass is 10.0. The lowest BCUT2D eigenvalue weighted by molar-refractivity contribution is -0.120. The Morgan fingerprint density at radius 1 is 0.966 bits per heavy atom. The highest BCUT2D eigenvalue weighted by atomic mass is 16.2. The maximum Gasteiger partial charge on any atom is 0.255 e. The first-order valence-corrected chi connectivity index (χ1v) is 9.48. The maximum atomic E-state index is 12.7. The van der Waals surface area contributed by atoms with Gasteiger partial charge in [0.1, 0.15) is 0 Å². The van der Waals surface area contributed by atoms with Crippen LogP contribution in [-0.4, -0.2) is 31.4 Å². The zero-order chi connectivity index (χ0) is 20.2. The van der Waals surface area contributed by atoms with Gasteiger partial charge in [0.2, 0.25) is 5.91 Å². The Kier molecular flexibility index (Phi) is 5.16. The summed E-state index contributed by atoms with van der Waals surface area (Å²) in [4.78, 5) is 26.3. The van der Waals surface area contributed by atoms with Gasteiger partial charge in [-0.1, -0.05) is 36.4 Å². The third kappa shape index (κ3) is 4.21. The molecule has 0 spiro atoms. The van der Waals surface area contributed by atoms with Gasteiger partial charge in [-0.05, 0) is 47.5 Å². The van der Waals surface area contributed by atoms with E-state index in [9.17, 15) is 9.59 Å². The topological polar surface area (TPSA) is 87.5 Å². The van der Waals surface area contributed by atoms with Crippen molar-refractivity contribution in [3.05, 3.63) is 78.4 Å². The quantitative estimate of drug-likeness (QED) is 0.601. The number of amides is 2. The third-order valence-electron chi connectivity index (χ3n) is 4.94. The molecule has 2 amide bonds. The van der Waals surface area contributed by atoms with Crippen LogP contribution in [0.15, 0.2) is 72.8 Å². The van der Waals surface area contributed by atoms with Gasteiger partial charge >= 0.3 is 0 Å². The van der Waals surface area contributed by atoms with Gasteiger partial charge in [0.05, 0.1) is 17.9 Å². The van der Waals surface area contributed by atoms with Gasteiger partial charge in [-0.3, -0.25) is 9.59 Å². The summed E-state index contributed by atoms with van der Waals surface area (Å²) in [5.74, 6) is -0.225. The van der Waals surface area contributed by atoms with E-state index >= 15 is 0 Å². The molecule has 0 unspecified atom stereocenters. The molecule has 0 radical (unpaired) electrons. The summed E-state index contributed by atoms with van der Waals surface area (Å²) < 4.78 is 0. The number of piperazine rings is 1. The van der Waals surface area contributed by atoms with Gasteiger partial charge in [0.25, 0.3) is 5.91 Å². The van der Waals surface area contributed by atoms with Crippen molar-refractivity contribution < 1.29 is 9.59 Å². The Balaban J connectivity index is 1.50. The van der Waals surface area contributed by atoms with Crippen LogP contribution < -0.4 is 21.3 Å². The van der Waals surface area contributed by atoms with E-state index in [1.165, 1.54) is 0 Å². The molecule has 6 heteroatoms. The Hall–Kier alpha value is -3.80. The molecule has 1 heterocycles. The van der Waals surface area contributed by atoms with Crippen LogP contribution >= 0.6 is 0 Å². The van der Waals surface area contributed by atoms with Crippen LogP contribution in [0, 0.1) is 0 Å². The molecular weight excluding hydrogens is 364 g/mol. The molecule has 29 heavy (non-hydrogen) atoms. The van der Waals surface area contributed by atoms with Crippen molar-refractivity contribution in [1.29, 1.82) is 0 Å². The van der Waals surface area contributed by atoms with E-state index in [4.69, 9.17) is 5.73 Å². The zero-order valence-corrected chi connectivity index (χ0v) is 15.9. The van der Waals surface area contributed by atoms with Crippen LogP contribution in [0.25, 0.3) is 11.1 Å². The highest BCUT2D eigenvalue weighted by Gasteiger charge is 2.17. The van der Waals surface area contributed by atoms with Crippen molar-refractivity contribution in [1.82, 2.24) is 5.32 Å². The van der Waals surface area contributed by atoms with Gasteiger partial charge in [-0.2, -0.15) is 0 Å². The van der Waals surface area contributed by atoms with Crippen LogP contribution in [-0.2, 0) is 4.79 Å². The monoisotopic (exact) mass is 386 g/mol. The molecule has 0 atom stereocenters. The molecule has 0 saturated carbocycles. The molecule has 146 valence electrons. The highest BCUT2D eigenvalue weighted by molar-refractivity contribution is 6.06. The predicted molar refractivity (Wildman–Crippen MR) is 116 cm³/mol. The zero-order valence-electron chi connectivity index (χ0n) is 15.9.